The summed E-state index contributed by atoms with van der Waals surface area (Å²) in [4.78, 5) is 25.2. The number of benzene rings is 1. The first-order valence-corrected chi connectivity index (χ1v) is 6.97. The molecule has 1 amide bonds. The molecule has 0 atom stereocenters. The molecule has 0 aliphatic carbocycles. The van der Waals surface area contributed by atoms with Crippen molar-refractivity contribution in [3.05, 3.63) is 50.3 Å². The first kappa shape index (κ1) is 16.4. The number of amides is 1. The number of aromatic nitrogens is 1. The summed E-state index contributed by atoms with van der Waals surface area (Å²) in [5.41, 5.74) is 8.04. The number of azo groups is 1. The predicted molar refractivity (Wildman–Crippen MR) is 86.8 cm³/mol. The van der Waals surface area contributed by atoms with Crippen molar-refractivity contribution >= 4 is 17.3 Å². The number of hydrogen-bond acceptors (Lipinski definition) is 5. The number of aryl methyl sites for hydroxylation is 3. The van der Waals surface area contributed by atoms with Crippen LogP contribution in [-0.4, -0.2) is 16.0 Å². The van der Waals surface area contributed by atoms with Crippen molar-refractivity contribution in [1.82, 2.24) is 4.98 Å². The predicted octanol–water partition coefficient (Wildman–Crippen LogP) is 2.83. The van der Waals surface area contributed by atoms with E-state index in [9.17, 15) is 14.7 Å². The highest BCUT2D eigenvalue weighted by atomic mass is 16.3. The van der Waals surface area contributed by atoms with E-state index in [1.807, 2.05) is 32.9 Å². The van der Waals surface area contributed by atoms with Crippen LogP contribution in [0.25, 0.3) is 0 Å². The quantitative estimate of drug-likeness (QED) is 0.755. The average Bonchev–Trinajstić information content (AvgIpc) is 2.39. The number of rotatable bonds is 3. The maximum atomic E-state index is 11.7. The molecule has 7 heteroatoms. The molecule has 2 aromatic rings. The molecule has 0 bridgehead atoms. The van der Waals surface area contributed by atoms with Gasteiger partial charge in [-0.05, 0) is 38.8 Å². The topological polar surface area (TPSA) is 121 Å². The average molecular weight is 314 g/mol. The van der Waals surface area contributed by atoms with Crippen molar-refractivity contribution in [3.63, 3.8) is 0 Å². The largest absolute Gasteiger partial charge is 0.493 e. The highest BCUT2D eigenvalue weighted by molar-refractivity contribution is 5.95. The van der Waals surface area contributed by atoms with Gasteiger partial charge >= 0.3 is 0 Å². The fraction of sp³-hybridized carbons (Fsp3) is 0.250. The zero-order valence-electron chi connectivity index (χ0n) is 13.4. The van der Waals surface area contributed by atoms with Crippen LogP contribution >= 0.6 is 0 Å². The summed E-state index contributed by atoms with van der Waals surface area (Å²) in [7, 11) is 0. The van der Waals surface area contributed by atoms with Crippen LogP contribution in [0.2, 0.25) is 0 Å². The van der Waals surface area contributed by atoms with Crippen LogP contribution in [0.15, 0.2) is 27.2 Å². The zero-order chi connectivity index (χ0) is 17.3. The van der Waals surface area contributed by atoms with Crippen LogP contribution in [0.5, 0.6) is 5.88 Å². The summed E-state index contributed by atoms with van der Waals surface area (Å²) >= 11 is 0. The molecule has 0 unspecified atom stereocenters. The molecule has 0 saturated carbocycles. The highest BCUT2D eigenvalue weighted by Gasteiger charge is 2.18. The van der Waals surface area contributed by atoms with Crippen molar-refractivity contribution in [3.8, 4) is 5.88 Å². The van der Waals surface area contributed by atoms with Gasteiger partial charge < -0.3 is 10.8 Å². The summed E-state index contributed by atoms with van der Waals surface area (Å²) in [6.07, 6.45) is 0. The van der Waals surface area contributed by atoms with E-state index in [1.165, 1.54) is 6.92 Å². The lowest BCUT2D eigenvalue weighted by Crippen LogP contribution is -2.24. The number of nitrogens with one attached hydrogen (secondary N) is 1. The van der Waals surface area contributed by atoms with Gasteiger partial charge in [-0.25, -0.2) is 0 Å². The van der Waals surface area contributed by atoms with Gasteiger partial charge in [-0.15, -0.1) is 10.2 Å². The Morgan fingerprint density at radius 1 is 1.09 bits per heavy atom. The van der Waals surface area contributed by atoms with Crippen LogP contribution in [0.3, 0.4) is 0 Å². The van der Waals surface area contributed by atoms with E-state index in [1.54, 1.807) is 0 Å². The van der Waals surface area contributed by atoms with Crippen LogP contribution < -0.4 is 11.3 Å². The van der Waals surface area contributed by atoms with Gasteiger partial charge in [0.25, 0.3) is 11.5 Å². The van der Waals surface area contributed by atoms with E-state index >= 15 is 0 Å². The maximum absolute atomic E-state index is 11.7. The van der Waals surface area contributed by atoms with Gasteiger partial charge in [0, 0.05) is 5.56 Å². The molecule has 1 heterocycles. The van der Waals surface area contributed by atoms with Gasteiger partial charge in [-0.2, -0.15) is 0 Å². The molecular formula is C16H18N4O3. The molecule has 0 aliphatic heterocycles. The Balaban J connectivity index is 2.59. The lowest BCUT2D eigenvalue weighted by molar-refractivity contribution is 0.0998. The molecule has 1 aromatic carbocycles. The Morgan fingerprint density at radius 2 is 1.61 bits per heavy atom. The lowest BCUT2D eigenvalue weighted by Gasteiger charge is -2.08. The molecule has 0 radical (unpaired) electrons. The summed E-state index contributed by atoms with van der Waals surface area (Å²) < 4.78 is 0. The number of pyridine rings is 1. The number of aromatic amines is 1. The van der Waals surface area contributed by atoms with Crippen LogP contribution in [0, 0.1) is 27.7 Å². The molecule has 2 rings (SSSR count). The first-order chi connectivity index (χ1) is 10.7. The second kappa shape index (κ2) is 6.04. The first-order valence-electron chi connectivity index (χ1n) is 6.97. The molecule has 0 spiro atoms. The molecule has 1 aromatic heterocycles. The number of H-pyrrole nitrogens is 1. The monoisotopic (exact) mass is 314 g/mol. The van der Waals surface area contributed by atoms with Gasteiger partial charge in [0.05, 0.1) is 5.69 Å². The number of carbonyl (C=O) groups excluding carboxylic acids is 1. The third-order valence-electron chi connectivity index (χ3n) is 3.55. The SMILES string of the molecule is Cc1cc(C)c(/N=N/c2c(O)[nH]c(=O)c(C(N)=O)c2C)c(C)c1. The van der Waals surface area contributed by atoms with E-state index in [2.05, 4.69) is 15.2 Å². The van der Waals surface area contributed by atoms with E-state index in [0.717, 1.165) is 16.7 Å². The minimum absolute atomic E-state index is 0.0118. The van der Waals surface area contributed by atoms with E-state index in [0.29, 0.717) is 5.69 Å². The Labute approximate surface area is 132 Å². The number of nitrogens with zero attached hydrogens (tertiary/aromatic N) is 2. The number of hydrogen-bond donors (Lipinski definition) is 3. The summed E-state index contributed by atoms with van der Waals surface area (Å²) in [6.45, 7) is 7.28. The molecule has 0 saturated heterocycles. The number of nitrogens with two attached hydrogens (primary N) is 1. The van der Waals surface area contributed by atoms with E-state index in [-0.39, 0.29) is 16.8 Å². The van der Waals surface area contributed by atoms with Crippen LogP contribution in [0.1, 0.15) is 32.6 Å². The molecule has 0 aliphatic rings. The van der Waals surface area contributed by atoms with Gasteiger partial charge in [-0.1, -0.05) is 17.7 Å². The van der Waals surface area contributed by atoms with Crippen molar-refractivity contribution < 1.29 is 9.90 Å². The number of aromatic hydroxyl groups is 1. The van der Waals surface area contributed by atoms with Crippen molar-refractivity contribution in [1.29, 1.82) is 0 Å². The number of primary amides is 1. The van der Waals surface area contributed by atoms with Gasteiger partial charge in [0.2, 0.25) is 5.88 Å². The summed E-state index contributed by atoms with van der Waals surface area (Å²) in [5.74, 6) is -1.34. The molecule has 23 heavy (non-hydrogen) atoms. The molecular weight excluding hydrogens is 296 g/mol. The van der Waals surface area contributed by atoms with Crippen molar-refractivity contribution in [2.45, 2.75) is 27.7 Å². The van der Waals surface area contributed by atoms with Crippen LogP contribution in [-0.2, 0) is 0 Å². The van der Waals surface area contributed by atoms with Crippen molar-refractivity contribution in [2.75, 3.05) is 0 Å². The van der Waals surface area contributed by atoms with Gasteiger partial charge in [0.15, 0.2) is 0 Å². The highest BCUT2D eigenvalue weighted by Crippen LogP contribution is 2.32. The Morgan fingerprint density at radius 3 is 2.13 bits per heavy atom. The lowest BCUT2D eigenvalue weighted by atomic mass is 10.1. The van der Waals surface area contributed by atoms with E-state index < -0.39 is 17.3 Å². The second-order valence-electron chi connectivity index (χ2n) is 5.46. The normalized spacial score (nSPS) is 11.1. The Bertz CT molecular complexity index is 859. The van der Waals surface area contributed by atoms with E-state index in [4.69, 9.17) is 5.73 Å². The molecule has 4 N–H and O–H groups in total. The van der Waals surface area contributed by atoms with Crippen molar-refractivity contribution in [2.24, 2.45) is 16.0 Å². The Kier molecular flexibility index (Phi) is 4.31. The fourth-order valence-corrected chi connectivity index (χ4v) is 2.54. The summed E-state index contributed by atoms with van der Waals surface area (Å²) in [6, 6.07) is 3.94. The number of carbonyl (C=O) groups is 1. The maximum Gasteiger partial charge on any atom is 0.263 e. The molecule has 120 valence electrons. The Hall–Kier alpha value is -2.96. The molecule has 7 nitrogen and oxygen atoms in total. The third-order valence-corrected chi connectivity index (χ3v) is 3.55. The minimum atomic E-state index is -0.886. The van der Waals surface area contributed by atoms with Crippen LogP contribution in [0.4, 0.5) is 11.4 Å². The minimum Gasteiger partial charge on any atom is -0.493 e. The fourth-order valence-electron chi connectivity index (χ4n) is 2.54. The third kappa shape index (κ3) is 3.13. The standard InChI is InChI=1S/C16H18N4O3/c1-7-5-8(2)12(9(3)6-7)19-20-13-10(4)11(14(17)21)15(22)18-16(13)23/h5-6H,1-4H3,(H2,17,21)(H2,18,22,23)/b20-19+. The summed E-state index contributed by atoms with van der Waals surface area (Å²) in [5, 5.41) is 18.0. The smallest absolute Gasteiger partial charge is 0.263 e. The van der Waals surface area contributed by atoms with Gasteiger partial charge in [0.1, 0.15) is 11.3 Å². The zero-order valence-corrected chi connectivity index (χ0v) is 13.4. The second-order valence-corrected chi connectivity index (χ2v) is 5.46. The van der Waals surface area contributed by atoms with Gasteiger partial charge in [-0.3, -0.25) is 14.6 Å². The molecule has 0 fully saturated rings.